The fourth-order valence-electron chi connectivity index (χ4n) is 2.07. The van der Waals surface area contributed by atoms with Gasteiger partial charge in [0.15, 0.2) is 5.96 Å². The van der Waals surface area contributed by atoms with Crippen molar-refractivity contribution in [3.05, 3.63) is 48.0 Å². The minimum absolute atomic E-state index is 0.0321. The Hall–Kier alpha value is -2.21. The highest BCUT2D eigenvalue weighted by atomic mass is 35.5. The van der Waals surface area contributed by atoms with Gasteiger partial charge in [-0.25, -0.2) is 9.98 Å². The van der Waals surface area contributed by atoms with E-state index in [-0.39, 0.29) is 6.10 Å². The molecule has 1 aromatic heterocycles. The van der Waals surface area contributed by atoms with Crippen LogP contribution in [0.2, 0.25) is 5.02 Å². The Kier molecular flexibility index (Phi) is 7.42. The topological polar surface area (TPSA) is 63.5 Å². The molecule has 7 heteroatoms. The second-order valence-electron chi connectivity index (χ2n) is 5.33. The van der Waals surface area contributed by atoms with Crippen molar-refractivity contribution in [1.29, 1.82) is 0 Å². The molecule has 2 aromatic rings. The molecule has 24 heavy (non-hydrogen) atoms. The molecule has 1 atom stereocenters. The summed E-state index contributed by atoms with van der Waals surface area (Å²) >= 11 is 5.87. The van der Waals surface area contributed by atoms with Crippen LogP contribution in [0.1, 0.15) is 13.8 Å². The van der Waals surface area contributed by atoms with Gasteiger partial charge in [-0.1, -0.05) is 11.6 Å². The third-order valence-corrected chi connectivity index (χ3v) is 3.48. The second-order valence-corrected chi connectivity index (χ2v) is 5.77. The highest BCUT2D eigenvalue weighted by Crippen LogP contribution is 2.16. The van der Waals surface area contributed by atoms with Gasteiger partial charge in [0, 0.05) is 37.1 Å². The van der Waals surface area contributed by atoms with Crippen LogP contribution in [-0.2, 0) is 6.54 Å². The van der Waals surface area contributed by atoms with Gasteiger partial charge < -0.3 is 19.9 Å². The van der Waals surface area contributed by atoms with Gasteiger partial charge in [-0.3, -0.25) is 0 Å². The zero-order valence-electron chi connectivity index (χ0n) is 14.1. The van der Waals surface area contributed by atoms with Crippen LogP contribution >= 0.6 is 11.6 Å². The highest BCUT2D eigenvalue weighted by Gasteiger charge is 2.05. The van der Waals surface area contributed by atoms with Crippen LogP contribution in [0.15, 0.2) is 48.0 Å². The molecule has 0 aliphatic rings. The lowest BCUT2D eigenvalue weighted by atomic mass is 10.3. The van der Waals surface area contributed by atoms with E-state index < -0.39 is 0 Å². The lowest BCUT2D eigenvalue weighted by Crippen LogP contribution is -2.39. The standard InChI is InChI=1S/C17H24ClN5O/c1-3-20-17(21-9-11-23-10-8-19-13-23)22-12-14(2)24-16-6-4-15(18)5-7-16/h4-8,10,13-14H,3,9,11-12H2,1-2H3,(H2,20,21,22). The summed E-state index contributed by atoms with van der Waals surface area (Å²) in [4.78, 5) is 8.59. The Morgan fingerprint density at radius 2 is 2.12 bits per heavy atom. The van der Waals surface area contributed by atoms with Crippen molar-refractivity contribution in [2.45, 2.75) is 26.5 Å². The summed E-state index contributed by atoms with van der Waals surface area (Å²) in [6, 6.07) is 7.34. The largest absolute Gasteiger partial charge is 0.489 e. The number of nitrogens with one attached hydrogen (secondary N) is 2. The van der Waals surface area contributed by atoms with E-state index in [0.717, 1.165) is 31.3 Å². The smallest absolute Gasteiger partial charge is 0.191 e. The summed E-state index contributed by atoms with van der Waals surface area (Å²) in [5.74, 6) is 1.57. The minimum Gasteiger partial charge on any atom is -0.489 e. The van der Waals surface area contributed by atoms with Crippen molar-refractivity contribution < 1.29 is 4.74 Å². The summed E-state index contributed by atoms with van der Waals surface area (Å²) in [5, 5.41) is 7.23. The van der Waals surface area contributed by atoms with Gasteiger partial charge >= 0.3 is 0 Å². The normalized spacial score (nSPS) is 12.7. The Bertz CT molecular complexity index is 612. The summed E-state index contributed by atoms with van der Waals surface area (Å²) in [6.07, 6.45) is 5.48. The van der Waals surface area contributed by atoms with Crippen LogP contribution in [0.4, 0.5) is 0 Å². The molecule has 0 aliphatic carbocycles. The van der Waals surface area contributed by atoms with Crippen LogP contribution in [0.25, 0.3) is 0 Å². The van der Waals surface area contributed by atoms with Crippen molar-refractivity contribution in [3.63, 3.8) is 0 Å². The van der Waals surface area contributed by atoms with Gasteiger partial charge in [-0.05, 0) is 38.1 Å². The van der Waals surface area contributed by atoms with Gasteiger partial charge in [0.05, 0.1) is 12.9 Å². The third kappa shape index (κ3) is 6.50. The second kappa shape index (κ2) is 9.82. The molecule has 1 aromatic carbocycles. The average Bonchev–Trinajstić information content (AvgIpc) is 3.08. The molecule has 2 rings (SSSR count). The number of hydrogen-bond acceptors (Lipinski definition) is 3. The summed E-state index contributed by atoms with van der Waals surface area (Å²) < 4.78 is 7.84. The number of guanidine groups is 1. The molecule has 0 amide bonds. The van der Waals surface area contributed by atoms with Crippen molar-refractivity contribution in [3.8, 4) is 5.75 Å². The number of hydrogen-bond donors (Lipinski definition) is 2. The maximum absolute atomic E-state index is 5.87. The Morgan fingerprint density at radius 3 is 2.79 bits per heavy atom. The molecule has 0 spiro atoms. The van der Waals surface area contributed by atoms with Gasteiger partial charge in [0.25, 0.3) is 0 Å². The Labute approximate surface area is 147 Å². The van der Waals surface area contributed by atoms with E-state index >= 15 is 0 Å². The van der Waals surface area contributed by atoms with Crippen LogP contribution in [0.3, 0.4) is 0 Å². The molecule has 0 radical (unpaired) electrons. The van der Waals surface area contributed by atoms with E-state index in [4.69, 9.17) is 16.3 Å². The molecule has 1 heterocycles. The van der Waals surface area contributed by atoms with E-state index in [1.807, 2.05) is 48.9 Å². The molecule has 130 valence electrons. The first-order chi connectivity index (χ1) is 11.7. The molecule has 2 N–H and O–H groups in total. The van der Waals surface area contributed by atoms with Crippen molar-refractivity contribution in [2.24, 2.45) is 4.99 Å². The zero-order valence-corrected chi connectivity index (χ0v) is 14.8. The Balaban J connectivity index is 1.79. The number of aromatic nitrogens is 2. The first-order valence-corrected chi connectivity index (χ1v) is 8.45. The summed E-state index contributed by atoms with van der Waals surface area (Å²) in [7, 11) is 0. The Morgan fingerprint density at radius 1 is 1.33 bits per heavy atom. The number of rotatable bonds is 8. The maximum atomic E-state index is 5.87. The molecular formula is C17H24ClN5O. The van der Waals surface area contributed by atoms with E-state index in [1.165, 1.54) is 0 Å². The monoisotopic (exact) mass is 349 g/mol. The third-order valence-electron chi connectivity index (χ3n) is 3.22. The first-order valence-electron chi connectivity index (χ1n) is 8.07. The van der Waals surface area contributed by atoms with Gasteiger partial charge in [-0.15, -0.1) is 0 Å². The molecule has 0 fully saturated rings. The van der Waals surface area contributed by atoms with E-state index in [0.29, 0.717) is 11.6 Å². The molecule has 0 saturated heterocycles. The van der Waals surface area contributed by atoms with Crippen LogP contribution in [0.5, 0.6) is 5.75 Å². The lowest BCUT2D eigenvalue weighted by molar-refractivity contribution is 0.230. The van der Waals surface area contributed by atoms with Gasteiger partial charge in [-0.2, -0.15) is 0 Å². The van der Waals surface area contributed by atoms with Crippen LogP contribution in [0, 0.1) is 0 Å². The predicted octanol–water partition coefficient (Wildman–Crippen LogP) is 2.56. The SMILES string of the molecule is CCNC(=NCC(C)Oc1ccc(Cl)cc1)NCCn1ccnc1. The lowest BCUT2D eigenvalue weighted by Gasteiger charge is -2.15. The number of imidazole rings is 1. The number of nitrogens with zero attached hydrogens (tertiary/aromatic N) is 3. The molecule has 0 saturated carbocycles. The molecule has 0 aliphatic heterocycles. The molecular weight excluding hydrogens is 326 g/mol. The summed E-state index contributed by atoms with van der Waals surface area (Å²) in [6.45, 7) is 7.01. The number of ether oxygens (including phenoxy) is 1. The van der Waals surface area contributed by atoms with E-state index in [2.05, 4.69) is 20.6 Å². The van der Waals surface area contributed by atoms with Gasteiger partial charge in [0.2, 0.25) is 0 Å². The van der Waals surface area contributed by atoms with Gasteiger partial charge in [0.1, 0.15) is 11.9 Å². The molecule has 1 unspecified atom stereocenters. The van der Waals surface area contributed by atoms with E-state index in [9.17, 15) is 0 Å². The fourth-order valence-corrected chi connectivity index (χ4v) is 2.19. The fraction of sp³-hybridized carbons (Fsp3) is 0.412. The van der Waals surface area contributed by atoms with E-state index in [1.54, 1.807) is 12.5 Å². The minimum atomic E-state index is -0.0321. The number of halogens is 1. The predicted molar refractivity (Wildman–Crippen MR) is 97.8 cm³/mol. The van der Waals surface area contributed by atoms with Crippen LogP contribution < -0.4 is 15.4 Å². The number of benzene rings is 1. The van der Waals surface area contributed by atoms with Crippen molar-refractivity contribution in [2.75, 3.05) is 19.6 Å². The maximum Gasteiger partial charge on any atom is 0.191 e. The first kappa shape index (κ1) is 18.1. The summed E-state index contributed by atoms with van der Waals surface area (Å²) in [5.41, 5.74) is 0. The molecule has 0 bridgehead atoms. The highest BCUT2D eigenvalue weighted by molar-refractivity contribution is 6.30. The van der Waals surface area contributed by atoms with Crippen LogP contribution in [-0.4, -0.2) is 41.2 Å². The number of aliphatic imine (C=N–C) groups is 1. The van der Waals surface area contributed by atoms with Crippen molar-refractivity contribution in [1.82, 2.24) is 20.2 Å². The van der Waals surface area contributed by atoms with Crippen molar-refractivity contribution >= 4 is 17.6 Å². The zero-order chi connectivity index (χ0) is 17.2. The molecule has 6 nitrogen and oxygen atoms in total. The average molecular weight is 350 g/mol. The quantitative estimate of drug-likeness (QED) is 0.568.